The minimum Gasteiger partial charge on any atom is -0.756 e. The molecule has 6 N–H and O–H groups in total. The van der Waals surface area contributed by atoms with Gasteiger partial charge in [0.25, 0.3) is 42.4 Å². The molecule has 276 valence electrons. The largest absolute Gasteiger partial charge is 0.756 e. The first-order chi connectivity index (χ1) is 22.5. The molecule has 4 unspecified atom stereocenters. The first-order valence-corrected chi connectivity index (χ1v) is 18.7. The number of aliphatic hydroxyl groups is 4. The lowest BCUT2D eigenvalue weighted by atomic mass is 10.1. The molecule has 0 saturated carbocycles. The highest BCUT2D eigenvalue weighted by Gasteiger charge is 2.46. The Balaban J connectivity index is 1.31. The third-order valence-corrected chi connectivity index (χ3v) is 12.0. The van der Waals surface area contributed by atoms with E-state index in [9.17, 15) is 77.4 Å². The number of nitrogens with zero attached hydrogens (tertiary/aromatic N) is 2. The van der Waals surface area contributed by atoms with Gasteiger partial charge in [-0.05, 0) is 0 Å². The lowest BCUT2D eigenvalue weighted by Crippen LogP contribution is -2.37. The number of nitrogens with one attached hydrogen (secondary N) is 2. The summed E-state index contributed by atoms with van der Waals surface area (Å²) in [5.74, 6) is 0. The van der Waals surface area contributed by atoms with E-state index in [1.807, 2.05) is 9.97 Å². The predicted molar refractivity (Wildman–Crippen MR) is 140 cm³/mol. The van der Waals surface area contributed by atoms with Crippen LogP contribution in [0.2, 0.25) is 0 Å². The van der Waals surface area contributed by atoms with Gasteiger partial charge >= 0.3 is 11.4 Å². The van der Waals surface area contributed by atoms with Gasteiger partial charge in [0.2, 0.25) is 0 Å². The molecule has 0 bridgehead atoms. The number of ether oxygens (including phenoxy) is 2. The van der Waals surface area contributed by atoms with Crippen molar-refractivity contribution in [3.05, 3.63) is 66.2 Å². The van der Waals surface area contributed by atoms with Crippen molar-refractivity contribution in [3.63, 3.8) is 0 Å². The van der Waals surface area contributed by atoms with E-state index in [0.29, 0.717) is 9.13 Å². The molecule has 0 spiro atoms. The smallest absolute Gasteiger partial charge is 0.330 e. The van der Waals surface area contributed by atoms with E-state index in [-0.39, 0.29) is 0 Å². The number of aromatic nitrogens is 4. The van der Waals surface area contributed by atoms with Crippen LogP contribution in [0.25, 0.3) is 0 Å². The molecule has 12 atom stereocenters. The maximum absolute atomic E-state index is 12.0. The Bertz CT molecular complexity index is 1820. The zero-order valence-corrected chi connectivity index (χ0v) is 27.1. The molecule has 31 heteroatoms. The summed E-state index contributed by atoms with van der Waals surface area (Å²) in [6, 6.07) is 1.68. The van der Waals surface area contributed by atoms with E-state index in [1.165, 1.54) is 0 Å². The molecule has 4 heterocycles. The molecular formula is C18H22N4O23P4-4. The molecule has 4 rings (SSSR count). The van der Waals surface area contributed by atoms with Crippen LogP contribution in [0, 0.1) is 0 Å². The molecule has 2 aromatic heterocycles. The fourth-order valence-corrected chi connectivity index (χ4v) is 8.97. The maximum atomic E-state index is 12.0. The van der Waals surface area contributed by atoms with E-state index in [1.54, 1.807) is 0 Å². The highest BCUT2D eigenvalue weighted by Crippen LogP contribution is 2.66. The molecule has 2 saturated heterocycles. The van der Waals surface area contributed by atoms with Crippen molar-refractivity contribution in [1.29, 1.82) is 0 Å². The molecule has 49 heavy (non-hydrogen) atoms. The van der Waals surface area contributed by atoms with Crippen LogP contribution in [0.15, 0.2) is 43.7 Å². The summed E-state index contributed by atoms with van der Waals surface area (Å²) in [5.41, 5.74) is -3.89. The number of hydrogen-bond donors (Lipinski definition) is 6. The minimum atomic E-state index is -6.64. The highest BCUT2D eigenvalue weighted by atomic mass is 31.3. The Morgan fingerprint density at radius 3 is 1.27 bits per heavy atom. The quantitative estimate of drug-likeness (QED) is 0.0969. The van der Waals surface area contributed by atoms with Gasteiger partial charge in [-0.3, -0.25) is 47.0 Å². The van der Waals surface area contributed by atoms with Crippen LogP contribution in [-0.4, -0.2) is 89.4 Å². The van der Waals surface area contributed by atoms with Crippen LogP contribution in [0.5, 0.6) is 0 Å². The van der Waals surface area contributed by atoms with Gasteiger partial charge in [0, 0.05) is 24.5 Å². The summed E-state index contributed by atoms with van der Waals surface area (Å²) in [6.07, 6.45) is -13.2. The first-order valence-electron chi connectivity index (χ1n) is 12.8. The molecule has 0 radical (unpaired) electrons. The van der Waals surface area contributed by atoms with Gasteiger partial charge in [-0.25, -0.2) is 22.5 Å². The van der Waals surface area contributed by atoms with E-state index < -0.39 is 116 Å². The molecule has 2 aliphatic heterocycles. The molecule has 2 fully saturated rings. The number of aromatic amines is 2. The van der Waals surface area contributed by atoms with Crippen molar-refractivity contribution in [3.8, 4) is 0 Å². The summed E-state index contributed by atoms with van der Waals surface area (Å²) in [4.78, 5) is 97.9. The molecule has 2 aliphatic rings. The lowest BCUT2D eigenvalue weighted by Gasteiger charge is -2.36. The number of rotatable bonds is 14. The zero-order valence-electron chi connectivity index (χ0n) is 23.6. The summed E-state index contributed by atoms with van der Waals surface area (Å²) in [5, 5.41) is 40.5. The van der Waals surface area contributed by atoms with Gasteiger partial charge in [0.1, 0.15) is 36.6 Å². The Morgan fingerprint density at radius 1 is 0.612 bits per heavy atom. The molecule has 2 aromatic rings. The van der Waals surface area contributed by atoms with Gasteiger partial charge < -0.3 is 58.5 Å². The molecule has 27 nitrogen and oxygen atoms in total. The second-order valence-electron chi connectivity index (χ2n) is 9.75. The Morgan fingerprint density at radius 2 is 0.939 bits per heavy atom. The van der Waals surface area contributed by atoms with Crippen molar-refractivity contribution in [1.82, 2.24) is 19.1 Å². The van der Waals surface area contributed by atoms with Gasteiger partial charge in [0.15, 0.2) is 12.5 Å². The summed E-state index contributed by atoms with van der Waals surface area (Å²) in [7, 11) is -25.6. The monoisotopic (exact) mass is 786 g/mol. The van der Waals surface area contributed by atoms with Gasteiger partial charge in [-0.2, -0.15) is 0 Å². The highest BCUT2D eigenvalue weighted by molar-refractivity contribution is 7.68. The topological polar surface area (TPSA) is 416 Å². The molecule has 0 aliphatic carbocycles. The van der Waals surface area contributed by atoms with E-state index in [0.717, 1.165) is 24.5 Å². The zero-order chi connectivity index (χ0) is 36.7. The third-order valence-electron chi connectivity index (χ3n) is 6.32. The predicted octanol–water partition coefficient (Wildman–Crippen LogP) is -6.72. The molecule has 0 aromatic carbocycles. The Hall–Kier alpha value is -2.32. The van der Waals surface area contributed by atoms with Crippen molar-refractivity contribution in [2.45, 2.75) is 49.1 Å². The van der Waals surface area contributed by atoms with Gasteiger partial charge in [-0.1, -0.05) is 0 Å². The lowest BCUT2D eigenvalue weighted by molar-refractivity contribution is -0.255. The van der Waals surface area contributed by atoms with Gasteiger partial charge in [-0.15, -0.1) is 0 Å². The normalized spacial score (nSPS) is 32.2. The Labute approximate surface area is 268 Å². The summed E-state index contributed by atoms with van der Waals surface area (Å²) >= 11 is 0. The number of aliphatic hydroxyl groups excluding tert-OH is 4. The van der Waals surface area contributed by atoms with E-state index in [2.05, 4.69) is 22.0 Å². The third kappa shape index (κ3) is 9.93. The average Bonchev–Trinajstić information content (AvgIpc) is 3.38. The fourth-order valence-electron chi connectivity index (χ4n) is 4.22. The van der Waals surface area contributed by atoms with Crippen LogP contribution >= 0.6 is 31.3 Å². The summed E-state index contributed by atoms with van der Waals surface area (Å²) < 4.78 is 78.3. The van der Waals surface area contributed by atoms with E-state index in [4.69, 9.17) is 9.47 Å². The van der Waals surface area contributed by atoms with Crippen molar-refractivity contribution in [2.75, 3.05) is 13.2 Å². The SMILES string of the molecule is O=c1ccn([C@@H]2O[C@H](COP(=O)([O-])OP(=O)([O-])OP(=O)([O-])OP(=O)([O-])OC[C@@H]3O[C@H](n4ccc(=O)[nH]c4=O)[C@@H](O)[C@H]3O)[C@@H](O)[C@H]2O)c(=O)[nH]1. The minimum absolute atomic E-state index is 0.604. The van der Waals surface area contributed by atoms with Crippen LogP contribution in [-0.2, 0) is 49.7 Å². The van der Waals surface area contributed by atoms with Crippen molar-refractivity contribution in [2.24, 2.45) is 0 Å². The fraction of sp³-hybridized carbons (Fsp3) is 0.556. The number of phosphoric ester groups is 2. The second-order valence-corrected chi connectivity index (χ2v) is 15.8. The molecular weight excluding hydrogens is 764 g/mol. The van der Waals surface area contributed by atoms with Gasteiger partial charge in [0.05, 0.1) is 13.2 Å². The average molecular weight is 786 g/mol. The summed E-state index contributed by atoms with van der Waals surface area (Å²) in [6.45, 7) is -2.66. The van der Waals surface area contributed by atoms with Crippen LogP contribution in [0.3, 0.4) is 0 Å². The standard InChI is InChI=1S/C18H26N4O23P4/c23-9-1-3-21(17(29)19-9)15-13(27)11(25)7(41-15)5-39-46(31,32)43-48(35,36)45-49(37,38)44-47(33,34)40-6-8-12(26)14(28)16(42-8)22-4-2-10(24)20-18(22)30/h1-4,7-8,11-16,25-28H,5-6H2,(H,31,32)(H,33,34)(H,35,36)(H,37,38)(H,19,23,29)(H,20,24,30)/p-4/t7-,8+,11-,12+,13-,14+,15-,16+. The maximum Gasteiger partial charge on any atom is 0.330 e. The van der Waals surface area contributed by atoms with Crippen LogP contribution in [0.1, 0.15) is 12.5 Å². The second kappa shape index (κ2) is 14.7. The van der Waals surface area contributed by atoms with Crippen LogP contribution < -0.4 is 42.1 Å². The number of H-pyrrole nitrogens is 2. The first kappa shape index (κ1) is 39.5. The van der Waals surface area contributed by atoms with Crippen molar-refractivity contribution >= 4 is 31.3 Å². The van der Waals surface area contributed by atoms with E-state index >= 15 is 0 Å². The molecule has 0 amide bonds. The number of hydrogen-bond acceptors (Lipinski definition) is 23. The number of phosphoric acid groups is 4. The van der Waals surface area contributed by atoms with Crippen molar-refractivity contribution < 1.29 is 89.7 Å². The van der Waals surface area contributed by atoms with Crippen LogP contribution in [0.4, 0.5) is 0 Å². The Kier molecular flexibility index (Phi) is 11.9.